The highest BCUT2D eigenvalue weighted by Crippen LogP contribution is 2.17. The van der Waals surface area contributed by atoms with Crippen molar-refractivity contribution >= 4 is 27.5 Å². The maximum absolute atomic E-state index is 12.0. The summed E-state index contributed by atoms with van der Waals surface area (Å²) in [5.41, 5.74) is 4.55. The first-order chi connectivity index (χ1) is 8.57. The maximum Gasteiger partial charge on any atom is 0.264 e. The number of halogens is 1. The lowest BCUT2D eigenvalue weighted by Crippen LogP contribution is -2.56. The third-order valence-corrected chi connectivity index (χ3v) is 4.64. The van der Waals surface area contributed by atoms with Crippen LogP contribution in [0.25, 0.3) is 0 Å². The summed E-state index contributed by atoms with van der Waals surface area (Å²) in [6.45, 7) is 4.98. The van der Waals surface area contributed by atoms with Crippen molar-refractivity contribution < 1.29 is 13.2 Å². The average molecular weight is 305 g/mol. The molecule has 3 N–H and O–H groups in total. The van der Waals surface area contributed by atoms with Crippen LogP contribution in [0.1, 0.15) is 20.8 Å². The Bertz CT molecular complexity index is 565. The minimum Gasteiger partial charge on any atom is -0.317 e. The summed E-state index contributed by atoms with van der Waals surface area (Å²) in [5, 5.41) is 0.413. The third-order valence-electron chi connectivity index (χ3n) is 3.04. The van der Waals surface area contributed by atoms with Gasteiger partial charge in [0.05, 0.1) is 10.4 Å². The molecular formula is C12H17ClN2O3S. The van der Waals surface area contributed by atoms with Gasteiger partial charge in [-0.3, -0.25) is 4.79 Å². The SMILES string of the molecule is CC(C)C(C)(N)C(=O)NS(=O)(=O)c1ccc(Cl)cc1. The number of amides is 1. The van der Waals surface area contributed by atoms with E-state index in [0.29, 0.717) is 5.02 Å². The molecule has 1 amide bonds. The Kier molecular flexibility index (Phi) is 4.60. The van der Waals surface area contributed by atoms with Gasteiger partial charge < -0.3 is 5.73 Å². The van der Waals surface area contributed by atoms with Crippen molar-refractivity contribution in [3.63, 3.8) is 0 Å². The van der Waals surface area contributed by atoms with E-state index in [2.05, 4.69) is 0 Å². The van der Waals surface area contributed by atoms with Crippen LogP contribution in [0.3, 0.4) is 0 Å². The van der Waals surface area contributed by atoms with Gasteiger partial charge in [-0.15, -0.1) is 0 Å². The molecule has 19 heavy (non-hydrogen) atoms. The Hall–Kier alpha value is -1.11. The van der Waals surface area contributed by atoms with Crippen molar-refractivity contribution in [1.29, 1.82) is 0 Å². The van der Waals surface area contributed by atoms with Crippen LogP contribution < -0.4 is 10.5 Å². The van der Waals surface area contributed by atoms with E-state index in [0.717, 1.165) is 0 Å². The number of hydrogen-bond donors (Lipinski definition) is 2. The van der Waals surface area contributed by atoms with Crippen molar-refractivity contribution in [2.45, 2.75) is 31.2 Å². The number of nitrogens with two attached hydrogens (primary N) is 1. The normalized spacial score (nSPS) is 15.1. The molecule has 1 unspecified atom stereocenters. The zero-order valence-electron chi connectivity index (χ0n) is 11.0. The predicted molar refractivity (Wildman–Crippen MR) is 74.2 cm³/mol. The summed E-state index contributed by atoms with van der Waals surface area (Å²) in [6, 6.07) is 5.51. The molecule has 106 valence electrons. The molecule has 0 saturated heterocycles. The van der Waals surface area contributed by atoms with Crippen LogP contribution in [0, 0.1) is 5.92 Å². The van der Waals surface area contributed by atoms with E-state index in [9.17, 15) is 13.2 Å². The van der Waals surface area contributed by atoms with Crippen molar-refractivity contribution in [3.05, 3.63) is 29.3 Å². The zero-order chi connectivity index (χ0) is 14.8. The smallest absolute Gasteiger partial charge is 0.264 e. The molecule has 0 spiro atoms. The van der Waals surface area contributed by atoms with Crippen LogP contribution in [0.15, 0.2) is 29.2 Å². The number of carbonyl (C=O) groups excluding carboxylic acids is 1. The van der Waals surface area contributed by atoms with E-state index in [1.165, 1.54) is 31.2 Å². The van der Waals surface area contributed by atoms with Crippen molar-refractivity contribution in [2.24, 2.45) is 11.7 Å². The minimum atomic E-state index is -3.93. The molecule has 1 atom stereocenters. The largest absolute Gasteiger partial charge is 0.317 e. The predicted octanol–water partition coefficient (Wildman–Crippen LogP) is 1.52. The molecule has 0 aliphatic carbocycles. The van der Waals surface area contributed by atoms with Gasteiger partial charge in [0.1, 0.15) is 0 Å². The van der Waals surface area contributed by atoms with E-state index in [1.807, 2.05) is 4.72 Å². The van der Waals surface area contributed by atoms with Crippen LogP contribution in [0.2, 0.25) is 5.02 Å². The summed E-state index contributed by atoms with van der Waals surface area (Å²) in [5.74, 6) is -0.939. The van der Waals surface area contributed by atoms with Gasteiger partial charge in [0.25, 0.3) is 15.9 Å². The van der Waals surface area contributed by atoms with Crippen LogP contribution in [0.5, 0.6) is 0 Å². The van der Waals surface area contributed by atoms with Gasteiger partial charge in [-0.1, -0.05) is 25.4 Å². The average Bonchev–Trinajstić information content (AvgIpc) is 2.28. The zero-order valence-corrected chi connectivity index (χ0v) is 12.5. The Labute approximate surface area is 118 Å². The second-order valence-electron chi connectivity index (χ2n) is 4.83. The van der Waals surface area contributed by atoms with Crippen molar-refractivity contribution in [1.82, 2.24) is 4.72 Å². The van der Waals surface area contributed by atoms with Gasteiger partial charge in [-0.05, 0) is 37.1 Å². The summed E-state index contributed by atoms with van der Waals surface area (Å²) < 4.78 is 26.0. The lowest BCUT2D eigenvalue weighted by Gasteiger charge is -2.27. The number of hydrogen-bond acceptors (Lipinski definition) is 4. The second-order valence-corrected chi connectivity index (χ2v) is 6.94. The Morgan fingerprint density at radius 3 is 2.21 bits per heavy atom. The maximum atomic E-state index is 12.0. The lowest BCUT2D eigenvalue weighted by atomic mass is 9.89. The number of rotatable bonds is 4. The summed E-state index contributed by atoms with van der Waals surface area (Å²) in [7, 11) is -3.93. The monoisotopic (exact) mass is 304 g/mol. The molecule has 1 aromatic carbocycles. The van der Waals surface area contributed by atoms with Gasteiger partial charge in [-0.25, -0.2) is 13.1 Å². The highest BCUT2D eigenvalue weighted by Gasteiger charge is 2.34. The van der Waals surface area contributed by atoms with Gasteiger partial charge in [-0.2, -0.15) is 0 Å². The molecule has 0 bridgehead atoms. The molecule has 1 aromatic rings. The van der Waals surface area contributed by atoms with Crippen LogP contribution in [0.4, 0.5) is 0 Å². The number of nitrogens with one attached hydrogen (secondary N) is 1. The standard InChI is InChI=1S/C12H17ClN2O3S/c1-8(2)12(3,14)11(16)15-19(17,18)10-6-4-9(13)5-7-10/h4-8H,14H2,1-3H3,(H,15,16). The van der Waals surface area contributed by atoms with E-state index in [1.54, 1.807) is 13.8 Å². The van der Waals surface area contributed by atoms with Crippen LogP contribution in [-0.4, -0.2) is 19.9 Å². The van der Waals surface area contributed by atoms with Crippen LogP contribution >= 0.6 is 11.6 Å². The summed E-state index contributed by atoms with van der Waals surface area (Å²) in [4.78, 5) is 11.9. The molecule has 0 aliphatic rings. The van der Waals surface area contributed by atoms with Gasteiger partial charge in [0.2, 0.25) is 0 Å². The highest BCUT2D eigenvalue weighted by atomic mass is 35.5. The van der Waals surface area contributed by atoms with E-state index in [4.69, 9.17) is 17.3 Å². The van der Waals surface area contributed by atoms with Crippen molar-refractivity contribution in [3.8, 4) is 0 Å². The van der Waals surface area contributed by atoms with Crippen molar-refractivity contribution in [2.75, 3.05) is 0 Å². The molecule has 5 nitrogen and oxygen atoms in total. The highest BCUT2D eigenvalue weighted by molar-refractivity contribution is 7.90. The Morgan fingerprint density at radius 1 is 1.32 bits per heavy atom. The molecule has 7 heteroatoms. The Balaban J connectivity index is 2.98. The Morgan fingerprint density at radius 2 is 1.79 bits per heavy atom. The third kappa shape index (κ3) is 3.68. The van der Waals surface area contributed by atoms with Gasteiger partial charge >= 0.3 is 0 Å². The molecule has 0 fully saturated rings. The fourth-order valence-electron chi connectivity index (χ4n) is 1.17. The molecule has 0 saturated carbocycles. The second kappa shape index (κ2) is 5.48. The topological polar surface area (TPSA) is 89.3 Å². The van der Waals surface area contributed by atoms with Gasteiger partial charge in [0.15, 0.2) is 0 Å². The van der Waals surface area contributed by atoms with Crippen LogP contribution in [-0.2, 0) is 14.8 Å². The van der Waals surface area contributed by atoms with E-state index < -0.39 is 21.5 Å². The molecule has 0 aliphatic heterocycles. The fourth-order valence-corrected chi connectivity index (χ4v) is 2.37. The van der Waals surface area contributed by atoms with E-state index >= 15 is 0 Å². The first-order valence-corrected chi connectivity index (χ1v) is 7.55. The molecule has 0 heterocycles. The number of benzene rings is 1. The lowest BCUT2D eigenvalue weighted by molar-refractivity contribution is -0.125. The first-order valence-electron chi connectivity index (χ1n) is 5.69. The molecular weight excluding hydrogens is 288 g/mol. The fraction of sp³-hybridized carbons (Fsp3) is 0.417. The summed E-state index contributed by atoms with van der Waals surface area (Å²) >= 11 is 5.68. The first kappa shape index (κ1) is 15.9. The summed E-state index contributed by atoms with van der Waals surface area (Å²) in [6.07, 6.45) is 0. The van der Waals surface area contributed by atoms with E-state index in [-0.39, 0.29) is 10.8 Å². The van der Waals surface area contributed by atoms with Gasteiger partial charge in [0, 0.05) is 5.02 Å². The number of sulfonamides is 1. The molecule has 0 radical (unpaired) electrons. The molecule has 0 aromatic heterocycles. The minimum absolute atomic E-state index is 0.0372. The number of carbonyl (C=O) groups is 1. The quantitative estimate of drug-likeness (QED) is 0.882. The molecule has 1 rings (SSSR count).